The van der Waals surface area contributed by atoms with Gasteiger partial charge in [0.2, 0.25) is 0 Å². The maximum absolute atomic E-state index is 13.9. The molecule has 2 aromatic carbocycles. The SMILES string of the molecule is CCCC(c1nc2ccc(N3CCC(N(C)Cc4ccccc4)CC3)cc2c(=O)n1CC)N1C[C@@H](C)N[C@@H](C)C1. The van der Waals surface area contributed by atoms with Crippen LogP contribution in [-0.2, 0) is 13.1 Å². The lowest BCUT2D eigenvalue weighted by atomic mass is 10.0. The molecule has 7 nitrogen and oxygen atoms in total. The number of aromatic nitrogens is 2. The monoisotopic (exact) mass is 544 g/mol. The van der Waals surface area contributed by atoms with Crippen molar-refractivity contribution in [3.63, 3.8) is 0 Å². The molecule has 3 heterocycles. The zero-order valence-electron chi connectivity index (χ0n) is 25.1. The van der Waals surface area contributed by atoms with Gasteiger partial charge in [0.15, 0.2) is 0 Å². The van der Waals surface area contributed by atoms with Gasteiger partial charge in [-0.05, 0) is 70.8 Å². The summed E-state index contributed by atoms with van der Waals surface area (Å²) in [6, 6.07) is 18.7. The standard InChI is InChI=1S/C33H48N6O/c1-6-11-31(38-21-24(3)34-25(4)22-38)32-35-30-15-14-28(20-29(30)33(40)39(32)7-2)37-18-16-27(17-19-37)36(5)23-26-12-9-8-10-13-26/h8-10,12-15,20,24-25,27,31,34H,6-7,11,16-19,21-23H2,1-5H3/t24-,25+,31?. The second-order valence-corrected chi connectivity index (χ2v) is 12.1. The lowest BCUT2D eigenvalue weighted by Crippen LogP contribution is -2.55. The summed E-state index contributed by atoms with van der Waals surface area (Å²) in [5, 5.41) is 4.39. The van der Waals surface area contributed by atoms with Crippen molar-refractivity contribution >= 4 is 16.6 Å². The van der Waals surface area contributed by atoms with Crippen LogP contribution < -0.4 is 15.8 Å². The van der Waals surface area contributed by atoms with Gasteiger partial charge in [-0.15, -0.1) is 0 Å². The number of piperazine rings is 1. The summed E-state index contributed by atoms with van der Waals surface area (Å²) in [5.41, 5.74) is 3.42. The summed E-state index contributed by atoms with van der Waals surface area (Å²) >= 11 is 0. The fourth-order valence-electron chi connectivity index (χ4n) is 6.92. The highest BCUT2D eigenvalue weighted by molar-refractivity contribution is 5.82. The molecule has 2 aliphatic rings. The van der Waals surface area contributed by atoms with E-state index in [9.17, 15) is 4.79 Å². The molecular formula is C33H48N6O. The van der Waals surface area contributed by atoms with Gasteiger partial charge in [0, 0.05) is 63.1 Å². The first-order chi connectivity index (χ1) is 19.4. The van der Waals surface area contributed by atoms with Crippen molar-refractivity contribution < 1.29 is 0 Å². The molecule has 0 radical (unpaired) electrons. The first-order valence-corrected chi connectivity index (χ1v) is 15.4. The van der Waals surface area contributed by atoms with Crippen LogP contribution in [0.25, 0.3) is 10.9 Å². The van der Waals surface area contributed by atoms with Gasteiger partial charge < -0.3 is 10.2 Å². The van der Waals surface area contributed by atoms with Crippen molar-refractivity contribution in [2.24, 2.45) is 0 Å². The van der Waals surface area contributed by atoms with Gasteiger partial charge in [0.05, 0.1) is 16.9 Å². The second kappa shape index (κ2) is 12.8. The van der Waals surface area contributed by atoms with Crippen LogP contribution in [0.3, 0.4) is 0 Å². The van der Waals surface area contributed by atoms with Crippen LogP contribution in [0, 0.1) is 0 Å². The molecule has 7 heteroatoms. The van der Waals surface area contributed by atoms with Crippen LogP contribution in [0.2, 0.25) is 0 Å². The molecule has 1 aromatic heterocycles. The van der Waals surface area contributed by atoms with E-state index in [0.29, 0.717) is 24.7 Å². The lowest BCUT2D eigenvalue weighted by Gasteiger charge is -2.41. The molecule has 2 saturated heterocycles. The Labute approximate surface area is 240 Å². The predicted molar refractivity (Wildman–Crippen MR) is 166 cm³/mol. The molecule has 2 aliphatic heterocycles. The third-order valence-corrected chi connectivity index (χ3v) is 8.90. The highest BCUT2D eigenvalue weighted by Crippen LogP contribution is 2.29. The van der Waals surface area contributed by atoms with E-state index in [0.717, 1.165) is 80.8 Å². The van der Waals surface area contributed by atoms with E-state index >= 15 is 0 Å². The Morgan fingerprint density at radius 1 is 1.02 bits per heavy atom. The van der Waals surface area contributed by atoms with Crippen molar-refractivity contribution in [2.45, 2.75) is 90.6 Å². The predicted octanol–water partition coefficient (Wildman–Crippen LogP) is 5.04. The van der Waals surface area contributed by atoms with Crippen molar-refractivity contribution in [2.75, 3.05) is 38.1 Å². The third-order valence-electron chi connectivity index (χ3n) is 8.90. The number of rotatable bonds is 9. The Balaban J connectivity index is 1.35. The Morgan fingerprint density at radius 2 is 1.73 bits per heavy atom. The molecule has 1 N–H and O–H groups in total. The van der Waals surface area contributed by atoms with Crippen molar-refractivity contribution in [3.05, 3.63) is 70.3 Å². The Morgan fingerprint density at radius 3 is 2.38 bits per heavy atom. The average molecular weight is 545 g/mol. The summed E-state index contributed by atoms with van der Waals surface area (Å²) in [7, 11) is 2.24. The maximum atomic E-state index is 13.9. The highest BCUT2D eigenvalue weighted by Gasteiger charge is 2.31. The Hall–Kier alpha value is -2.74. The quantitative estimate of drug-likeness (QED) is 0.407. The number of hydrogen-bond acceptors (Lipinski definition) is 6. The molecule has 2 fully saturated rings. The fraction of sp³-hybridized carbons (Fsp3) is 0.576. The maximum Gasteiger partial charge on any atom is 0.261 e. The van der Waals surface area contributed by atoms with Crippen LogP contribution >= 0.6 is 0 Å². The summed E-state index contributed by atoms with van der Waals surface area (Å²) in [6.45, 7) is 14.4. The summed E-state index contributed by atoms with van der Waals surface area (Å²) in [6.07, 6.45) is 4.31. The van der Waals surface area contributed by atoms with E-state index in [2.05, 4.69) is 103 Å². The van der Waals surface area contributed by atoms with E-state index < -0.39 is 0 Å². The fourth-order valence-corrected chi connectivity index (χ4v) is 6.92. The molecule has 0 saturated carbocycles. The molecule has 0 spiro atoms. The van der Waals surface area contributed by atoms with E-state index in [1.807, 2.05) is 4.57 Å². The second-order valence-electron chi connectivity index (χ2n) is 12.1. The van der Waals surface area contributed by atoms with Gasteiger partial charge >= 0.3 is 0 Å². The van der Waals surface area contributed by atoms with Crippen LogP contribution in [0.1, 0.15) is 70.8 Å². The number of hydrogen-bond donors (Lipinski definition) is 1. The molecule has 3 atom stereocenters. The number of anilines is 1. The first kappa shape index (κ1) is 28.8. The van der Waals surface area contributed by atoms with Gasteiger partial charge in [-0.1, -0.05) is 43.7 Å². The molecule has 0 amide bonds. The Kier molecular flexibility index (Phi) is 9.24. The largest absolute Gasteiger partial charge is 0.371 e. The van der Waals surface area contributed by atoms with E-state index in [-0.39, 0.29) is 11.6 Å². The molecule has 0 aliphatic carbocycles. The minimum absolute atomic E-state index is 0.0964. The highest BCUT2D eigenvalue weighted by atomic mass is 16.1. The molecule has 0 bridgehead atoms. The van der Waals surface area contributed by atoms with Gasteiger partial charge in [0.25, 0.3) is 5.56 Å². The summed E-state index contributed by atoms with van der Waals surface area (Å²) < 4.78 is 1.94. The molecule has 5 rings (SSSR count). The van der Waals surface area contributed by atoms with Crippen LogP contribution in [-0.4, -0.2) is 70.7 Å². The van der Waals surface area contributed by atoms with Gasteiger partial charge in [-0.2, -0.15) is 0 Å². The van der Waals surface area contributed by atoms with Gasteiger partial charge in [-0.3, -0.25) is 19.2 Å². The smallest absolute Gasteiger partial charge is 0.261 e. The van der Waals surface area contributed by atoms with Crippen LogP contribution in [0.5, 0.6) is 0 Å². The van der Waals surface area contributed by atoms with E-state index in [1.165, 1.54) is 5.56 Å². The average Bonchev–Trinajstić information content (AvgIpc) is 2.96. The summed E-state index contributed by atoms with van der Waals surface area (Å²) in [4.78, 5) is 26.6. The number of benzene rings is 2. The topological polar surface area (TPSA) is 56.6 Å². The molecule has 3 aromatic rings. The van der Waals surface area contributed by atoms with Crippen molar-refractivity contribution in [1.29, 1.82) is 0 Å². The minimum atomic E-state index is 0.0964. The van der Waals surface area contributed by atoms with Crippen molar-refractivity contribution in [1.82, 2.24) is 24.7 Å². The normalized spacial score (nSPS) is 21.8. The Bertz CT molecular complexity index is 1310. The van der Waals surface area contributed by atoms with Crippen molar-refractivity contribution in [3.8, 4) is 0 Å². The van der Waals surface area contributed by atoms with E-state index in [1.54, 1.807) is 0 Å². The number of fused-ring (bicyclic) bond motifs is 1. The number of piperidine rings is 1. The van der Waals surface area contributed by atoms with Crippen LogP contribution in [0.4, 0.5) is 5.69 Å². The lowest BCUT2D eigenvalue weighted by molar-refractivity contribution is 0.109. The number of nitrogens with one attached hydrogen (secondary N) is 1. The van der Waals surface area contributed by atoms with Gasteiger partial charge in [0.1, 0.15) is 5.82 Å². The zero-order valence-corrected chi connectivity index (χ0v) is 25.1. The molecular weight excluding hydrogens is 496 g/mol. The summed E-state index contributed by atoms with van der Waals surface area (Å²) in [5.74, 6) is 0.929. The minimum Gasteiger partial charge on any atom is -0.371 e. The van der Waals surface area contributed by atoms with E-state index in [4.69, 9.17) is 4.98 Å². The third kappa shape index (κ3) is 6.27. The first-order valence-electron chi connectivity index (χ1n) is 15.4. The van der Waals surface area contributed by atoms with Gasteiger partial charge in [-0.25, -0.2) is 4.98 Å². The molecule has 216 valence electrons. The van der Waals surface area contributed by atoms with Crippen LogP contribution in [0.15, 0.2) is 53.3 Å². The molecule has 1 unspecified atom stereocenters. The molecule has 40 heavy (non-hydrogen) atoms. The number of nitrogens with zero attached hydrogens (tertiary/aromatic N) is 5. The zero-order chi connectivity index (χ0) is 28.2.